The molecule has 2 atom stereocenters. The number of hydrogen-bond acceptors (Lipinski definition) is 3. The topological polar surface area (TPSA) is 95.5 Å². The fourth-order valence-corrected chi connectivity index (χ4v) is 2.20. The van der Waals surface area contributed by atoms with Crippen molar-refractivity contribution in [1.82, 2.24) is 10.6 Å². The Morgan fingerprint density at radius 2 is 2.00 bits per heavy atom. The first-order valence-electron chi connectivity index (χ1n) is 6.42. The van der Waals surface area contributed by atoms with Crippen LogP contribution in [-0.2, 0) is 14.4 Å². The summed E-state index contributed by atoms with van der Waals surface area (Å²) < 4.78 is 0. The maximum Gasteiger partial charge on any atom is 0.330 e. The van der Waals surface area contributed by atoms with Crippen LogP contribution in [0.25, 0.3) is 0 Å². The number of carbonyl (C=O) groups is 3. The number of aliphatic carboxylic acids is 1. The molecule has 6 nitrogen and oxygen atoms in total. The summed E-state index contributed by atoms with van der Waals surface area (Å²) in [4.78, 5) is 34.6. The monoisotopic (exact) mass is 276 g/mol. The lowest BCUT2D eigenvalue weighted by molar-refractivity contribution is -0.143. The molecular formula is C14H16N2O4. The average Bonchev–Trinajstić information content (AvgIpc) is 2.45. The van der Waals surface area contributed by atoms with Gasteiger partial charge in [-0.15, -0.1) is 0 Å². The fraction of sp³-hybridized carbons (Fsp3) is 0.357. The summed E-state index contributed by atoms with van der Waals surface area (Å²) in [5, 5.41) is 14.4. The summed E-state index contributed by atoms with van der Waals surface area (Å²) in [6.07, 6.45) is 0.631. The van der Waals surface area contributed by atoms with E-state index in [1.54, 1.807) is 30.3 Å². The van der Waals surface area contributed by atoms with Crippen LogP contribution in [0.2, 0.25) is 0 Å². The molecule has 0 unspecified atom stereocenters. The lowest BCUT2D eigenvalue weighted by Crippen LogP contribution is -2.43. The van der Waals surface area contributed by atoms with Crippen molar-refractivity contribution in [2.75, 3.05) is 6.54 Å². The highest BCUT2D eigenvalue weighted by atomic mass is 16.4. The number of rotatable bonds is 4. The summed E-state index contributed by atoms with van der Waals surface area (Å²) in [5.41, 5.74) is 0.508. The van der Waals surface area contributed by atoms with Crippen LogP contribution in [0.1, 0.15) is 24.4 Å². The predicted octanol–water partition coefficient (Wildman–Crippen LogP) is 0.455. The lowest BCUT2D eigenvalue weighted by Gasteiger charge is -2.23. The molecular weight excluding hydrogens is 260 g/mol. The Morgan fingerprint density at radius 1 is 1.30 bits per heavy atom. The van der Waals surface area contributed by atoms with Crippen LogP contribution >= 0.6 is 0 Å². The van der Waals surface area contributed by atoms with Crippen LogP contribution in [0.15, 0.2) is 30.3 Å². The minimum Gasteiger partial charge on any atom is -0.479 e. The van der Waals surface area contributed by atoms with Crippen LogP contribution in [0, 0.1) is 5.92 Å². The Morgan fingerprint density at radius 3 is 2.60 bits per heavy atom. The number of nitrogens with one attached hydrogen (secondary N) is 2. The minimum absolute atomic E-state index is 0.104. The molecule has 106 valence electrons. The molecule has 0 spiro atoms. The number of hydrogen-bond donors (Lipinski definition) is 3. The Bertz CT molecular complexity index is 515. The third-order valence-corrected chi connectivity index (χ3v) is 3.28. The van der Waals surface area contributed by atoms with Gasteiger partial charge in [0.25, 0.3) is 0 Å². The average molecular weight is 276 g/mol. The quantitative estimate of drug-likeness (QED) is 0.744. The molecule has 1 aliphatic heterocycles. The molecule has 1 aromatic carbocycles. The Balaban J connectivity index is 2.07. The van der Waals surface area contributed by atoms with Crippen molar-refractivity contribution in [2.24, 2.45) is 5.92 Å². The van der Waals surface area contributed by atoms with Crippen molar-refractivity contribution in [3.8, 4) is 0 Å². The van der Waals surface area contributed by atoms with E-state index in [-0.39, 0.29) is 12.3 Å². The van der Waals surface area contributed by atoms with E-state index >= 15 is 0 Å². The third-order valence-electron chi connectivity index (χ3n) is 3.28. The second-order valence-electron chi connectivity index (χ2n) is 4.73. The zero-order valence-electron chi connectivity index (χ0n) is 10.8. The van der Waals surface area contributed by atoms with Crippen LogP contribution < -0.4 is 10.6 Å². The number of piperidine rings is 1. The van der Waals surface area contributed by atoms with E-state index in [1.807, 2.05) is 0 Å². The van der Waals surface area contributed by atoms with Crippen molar-refractivity contribution in [1.29, 1.82) is 0 Å². The van der Waals surface area contributed by atoms with Gasteiger partial charge in [0.2, 0.25) is 11.8 Å². The van der Waals surface area contributed by atoms with Gasteiger partial charge >= 0.3 is 5.97 Å². The second kappa shape index (κ2) is 6.18. The first kappa shape index (κ1) is 14.0. The van der Waals surface area contributed by atoms with Gasteiger partial charge in [-0.1, -0.05) is 30.3 Å². The molecule has 3 N–H and O–H groups in total. The molecule has 0 radical (unpaired) electrons. The molecule has 0 aromatic heterocycles. The molecule has 1 aromatic rings. The largest absolute Gasteiger partial charge is 0.479 e. The van der Waals surface area contributed by atoms with Crippen molar-refractivity contribution < 1.29 is 19.5 Å². The highest BCUT2D eigenvalue weighted by Gasteiger charge is 2.29. The molecule has 2 rings (SSSR count). The van der Waals surface area contributed by atoms with E-state index in [1.165, 1.54) is 0 Å². The molecule has 6 heteroatoms. The van der Waals surface area contributed by atoms with Crippen molar-refractivity contribution in [3.63, 3.8) is 0 Å². The second-order valence-corrected chi connectivity index (χ2v) is 4.73. The van der Waals surface area contributed by atoms with Gasteiger partial charge in [-0.2, -0.15) is 0 Å². The molecule has 2 amide bonds. The first-order chi connectivity index (χ1) is 9.58. The molecule has 1 aliphatic rings. The highest BCUT2D eigenvalue weighted by molar-refractivity contribution is 5.89. The summed E-state index contributed by atoms with van der Waals surface area (Å²) in [5.74, 6) is -2.15. The molecule has 20 heavy (non-hydrogen) atoms. The number of benzene rings is 1. The van der Waals surface area contributed by atoms with E-state index < -0.39 is 23.8 Å². The van der Waals surface area contributed by atoms with Gasteiger partial charge in [-0.3, -0.25) is 9.59 Å². The number of amides is 2. The smallest absolute Gasteiger partial charge is 0.330 e. The van der Waals surface area contributed by atoms with Crippen molar-refractivity contribution in [2.45, 2.75) is 18.9 Å². The van der Waals surface area contributed by atoms with Gasteiger partial charge in [-0.05, 0) is 12.0 Å². The molecule has 0 saturated carbocycles. The van der Waals surface area contributed by atoms with Crippen molar-refractivity contribution >= 4 is 17.8 Å². The highest BCUT2D eigenvalue weighted by Crippen LogP contribution is 2.17. The van der Waals surface area contributed by atoms with Crippen LogP contribution in [0.5, 0.6) is 0 Å². The third kappa shape index (κ3) is 3.34. The fourth-order valence-electron chi connectivity index (χ4n) is 2.20. The maximum atomic E-state index is 12.1. The predicted molar refractivity (Wildman–Crippen MR) is 70.7 cm³/mol. The standard InChI is InChI=1S/C14H16N2O4/c17-11-8-10(6-7-15-11)13(18)16-12(14(19)20)9-4-2-1-3-5-9/h1-5,10,12H,6-8H2,(H,15,17)(H,16,18)(H,19,20)/t10-,12+/m0/s1. The van der Waals surface area contributed by atoms with Crippen LogP contribution in [0.4, 0.5) is 0 Å². The van der Waals surface area contributed by atoms with Gasteiger partial charge in [0.15, 0.2) is 6.04 Å². The SMILES string of the molecule is O=C1C[C@@H](C(=O)N[C@@H](C(=O)O)c2ccccc2)CCN1. The minimum atomic E-state index is -1.12. The molecule has 1 saturated heterocycles. The molecule has 0 aliphatic carbocycles. The Kier molecular flexibility index (Phi) is 4.34. The zero-order valence-corrected chi connectivity index (χ0v) is 10.8. The molecule has 1 fully saturated rings. The zero-order chi connectivity index (χ0) is 14.5. The Hall–Kier alpha value is -2.37. The number of carbonyl (C=O) groups excluding carboxylic acids is 2. The summed E-state index contributed by atoms with van der Waals surface area (Å²) in [7, 11) is 0. The van der Waals surface area contributed by atoms with E-state index in [2.05, 4.69) is 10.6 Å². The maximum absolute atomic E-state index is 12.1. The van der Waals surface area contributed by atoms with E-state index in [4.69, 9.17) is 0 Å². The number of carboxylic acid groups (broad SMARTS) is 1. The summed E-state index contributed by atoms with van der Waals surface area (Å²) in [6.45, 7) is 0.444. The number of carboxylic acids is 1. The summed E-state index contributed by atoms with van der Waals surface area (Å²) in [6, 6.07) is 7.40. The normalized spacial score (nSPS) is 19.8. The van der Waals surface area contributed by atoms with E-state index in [9.17, 15) is 19.5 Å². The van der Waals surface area contributed by atoms with Crippen LogP contribution in [-0.4, -0.2) is 29.4 Å². The van der Waals surface area contributed by atoms with Crippen LogP contribution in [0.3, 0.4) is 0 Å². The molecule has 1 heterocycles. The van der Waals surface area contributed by atoms with Gasteiger partial charge in [-0.25, -0.2) is 4.79 Å². The van der Waals surface area contributed by atoms with Gasteiger partial charge in [0.1, 0.15) is 0 Å². The molecule has 0 bridgehead atoms. The first-order valence-corrected chi connectivity index (χ1v) is 6.42. The van der Waals surface area contributed by atoms with Gasteiger partial charge < -0.3 is 15.7 Å². The Labute approximate surface area is 116 Å². The van der Waals surface area contributed by atoms with E-state index in [0.29, 0.717) is 18.5 Å². The summed E-state index contributed by atoms with van der Waals surface area (Å²) >= 11 is 0. The van der Waals surface area contributed by atoms with Gasteiger partial charge in [0.05, 0.1) is 0 Å². The lowest BCUT2D eigenvalue weighted by atomic mass is 9.95. The van der Waals surface area contributed by atoms with E-state index in [0.717, 1.165) is 0 Å². The van der Waals surface area contributed by atoms with Gasteiger partial charge in [0, 0.05) is 18.9 Å². The van der Waals surface area contributed by atoms with Crippen molar-refractivity contribution in [3.05, 3.63) is 35.9 Å².